The van der Waals surface area contributed by atoms with Gasteiger partial charge in [0.1, 0.15) is 6.61 Å². The third kappa shape index (κ3) is 6.42. The number of hydrogen-bond donors (Lipinski definition) is 0. The summed E-state index contributed by atoms with van der Waals surface area (Å²) in [7, 11) is 2.18. The monoisotopic (exact) mass is 328 g/mol. The highest BCUT2D eigenvalue weighted by Crippen LogP contribution is 2.26. The van der Waals surface area contributed by atoms with E-state index in [4.69, 9.17) is 9.47 Å². The van der Waals surface area contributed by atoms with E-state index in [1.165, 1.54) is 0 Å². The summed E-state index contributed by atoms with van der Waals surface area (Å²) in [5.74, 6) is 1.73. The average Bonchev–Trinajstić information content (AvgIpc) is 2.51. The van der Waals surface area contributed by atoms with E-state index in [1.54, 1.807) is 0 Å². The van der Waals surface area contributed by atoms with Crippen LogP contribution in [0.3, 0.4) is 0 Å². The Bertz CT molecular complexity index is 409. The maximum absolute atomic E-state index is 5.92. The van der Waals surface area contributed by atoms with E-state index >= 15 is 0 Å². The first-order chi connectivity index (χ1) is 10.3. The molecule has 0 bridgehead atoms. The molecule has 1 aromatic carbocycles. The van der Waals surface area contributed by atoms with E-state index in [0.29, 0.717) is 0 Å². The van der Waals surface area contributed by atoms with Crippen LogP contribution >= 0.6 is 12.4 Å². The largest absolute Gasteiger partial charge is 0.490 e. The molecule has 0 spiro atoms. The van der Waals surface area contributed by atoms with Crippen molar-refractivity contribution in [1.82, 2.24) is 9.80 Å². The van der Waals surface area contributed by atoms with Gasteiger partial charge in [0, 0.05) is 32.7 Å². The van der Waals surface area contributed by atoms with Crippen molar-refractivity contribution in [3.8, 4) is 11.5 Å². The lowest BCUT2D eigenvalue weighted by Gasteiger charge is -2.32. The smallest absolute Gasteiger partial charge is 0.161 e. The fourth-order valence-corrected chi connectivity index (χ4v) is 2.37. The van der Waals surface area contributed by atoms with Gasteiger partial charge >= 0.3 is 0 Å². The lowest BCUT2D eigenvalue weighted by atomic mass is 10.3. The molecule has 1 saturated heterocycles. The van der Waals surface area contributed by atoms with Crippen molar-refractivity contribution < 1.29 is 9.47 Å². The molecule has 0 unspecified atom stereocenters. The maximum Gasteiger partial charge on any atom is 0.161 e. The van der Waals surface area contributed by atoms with E-state index in [1.807, 2.05) is 24.3 Å². The summed E-state index contributed by atoms with van der Waals surface area (Å²) < 4.78 is 11.7. The normalized spacial score (nSPS) is 16.1. The summed E-state index contributed by atoms with van der Waals surface area (Å²) in [5.41, 5.74) is 0. The van der Waals surface area contributed by atoms with Gasteiger partial charge in [-0.25, -0.2) is 0 Å². The number of para-hydroxylation sites is 2. The molecule has 1 aromatic rings. The van der Waals surface area contributed by atoms with Crippen LogP contribution in [-0.2, 0) is 0 Å². The Morgan fingerprint density at radius 3 is 2.14 bits per heavy atom. The Kier molecular flexibility index (Phi) is 9.28. The van der Waals surface area contributed by atoms with Crippen molar-refractivity contribution in [2.24, 2.45) is 0 Å². The SMILES string of the molecule is CCCCOc1ccccc1OCCN1CCN(C)CC1.Cl. The molecule has 0 aromatic heterocycles. The molecule has 0 amide bonds. The molecule has 22 heavy (non-hydrogen) atoms. The van der Waals surface area contributed by atoms with Crippen LogP contribution in [0.5, 0.6) is 11.5 Å². The Morgan fingerprint density at radius 1 is 0.955 bits per heavy atom. The minimum Gasteiger partial charge on any atom is -0.490 e. The molecule has 1 aliphatic heterocycles. The first-order valence-electron chi connectivity index (χ1n) is 8.05. The predicted octanol–water partition coefficient (Wildman–Crippen LogP) is 2.91. The van der Waals surface area contributed by atoms with Crippen LogP contribution in [0.15, 0.2) is 24.3 Å². The number of ether oxygens (including phenoxy) is 2. The Balaban J connectivity index is 0.00000242. The summed E-state index contributed by atoms with van der Waals surface area (Å²) in [5, 5.41) is 0. The van der Waals surface area contributed by atoms with Gasteiger partial charge in [-0.1, -0.05) is 25.5 Å². The molecule has 1 aliphatic rings. The molecule has 0 aliphatic carbocycles. The Morgan fingerprint density at radius 2 is 1.55 bits per heavy atom. The zero-order valence-electron chi connectivity index (χ0n) is 13.8. The van der Waals surface area contributed by atoms with Crippen molar-refractivity contribution in [3.63, 3.8) is 0 Å². The van der Waals surface area contributed by atoms with Gasteiger partial charge in [0.05, 0.1) is 6.61 Å². The fourth-order valence-electron chi connectivity index (χ4n) is 2.37. The van der Waals surface area contributed by atoms with Gasteiger partial charge in [0.25, 0.3) is 0 Å². The number of piperazine rings is 1. The van der Waals surface area contributed by atoms with Gasteiger partial charge in [-0.2, -0.15) is 0 Å². The van der Waals surface area contributed by atoms with Crippen LogP contribution in [-0.4, -0.2) is 62.8 Å². The maximum atomic E-state index is 5.92. The van der Waals surface area contributed by atoms with Gasteiger partial charge < -0.3 is 14.4 Å². The summed E-state index contributed by atoms with van der Waals surface area (Å²) >= 11 is 0. The third-order valence-corrected chi connectivity index (χ3v) is 3.87. The molecule has 4 nitrogen and oxygen atoms in total. The van der Waals surface area contributed by atoms with E-state index in [-0.39, 0.29) is 12.4 Å². The topological polar surface area (TPSA) is 24.9 Å². The van der Waals surface area contributed by atoms with Crippen molar-refractivity contribution in [2.45, 2.75) is 19.8 Å². The molecule has 5 heteroatoms. The van der Waals surface area contributed by atoms with E-state index in [2.05, 4.69) is 23.8 Å². The van der Waals surface area contributed by atoms with Gasteiger partial charge in [-0.3, -0.25) is 4.90 Å². The van der Waals surface area contributed by atoms with Crippen molar-refractivity contribution in [3.05, 3.63) is 24.3 Å². The second kappa shape index (κ2) is 10.7. The van der Waals surface area contributed by atoms with Gasteiger partial charge in [0.15, 0.2) is 11.5 Å². The number of hydrogen-bond acceptors (Lipinski definition) is 4. The molecule has 126 valence electrons. The number of likely N-dealkylation sites (N-methyl/N-ethyl adjacent to an activating group) is 1. The van der Waals surface area contributed by atoms with Crippen LogP contribution in [0, 0.1) is 0 Å². The molecular weight excluding hydrogens is 300 g/mol. The predicted molar refractivity (Wildman–Crippen MR) is 93.5 cm³/mol. The Hall–Kier alpha value is -0.970. The number of benzene rings is 1. The minimum absolute atomic E-state index is 0. The van der Waals surface area contributed by atoms with Crippen LogP contribution in [0.4, 0.5) is 0 Å². The number of nitrogens with zero attached hydrogens (tertiary/aromatic N) is 2. The molecule has 0 saturated carbocycles. The highest BCUT2D eigenvalue weighted by Gasteiger charge is 2.13. The zero-order valence-corrected chi connectivity index (χ0v) is 14.6. The van der Waals surface area contributed by atoms with Crippen LogP contribution < -0.4 is 9.47 Å². The molecule has 0 N–H and O–H groups in total. The van der Waals surface area contributed by atoms with E-state index in [9.17, 15) is 0 Å². The van der Waals surface area contributed by atoms with Crippen molar-refractivity contribution in [1.29, 1.82) is 0 Å². The third-order valence-electron chi connectivity index (χ3n) is 3.87. The summed E-state index contributed by atoms with van der Waals surface area (Å²) in [6, 6.07) is 7.97. The summed E-state index contributed by atoms with van der Waals surface area (Å²) in [6.45, 7) is 9.20. The Labute approximate surface area is 140 Å². The van der Waals surface area contributed by atoms with E-state index in [0.717, 1.165) is 70.3 Å². The molecule has 0 atom stereocenters. The van der Waals surface area contributed by atoms with Gasteiger partial charge in [-0.15, -0.1) is 12.4 Å². The van der Waals surface area contributed by atoms with Gasteiger partial charge in [-0.05, 0) is 25.6 Å². The molecule has 2 rings (SSSR count). The van der Waals surface area contributed by atoms with Gasteiger partial charge in [0.2, 0.25) is 0 Å². The quantitative estimate of drug-likeness (QED) is 0.685. The molecule has 0 radical (unpaired) electrons. The number of halogens is 1. The summed E-state index contributed by atoms with van der Waals surface area (Å²) in [6.07, 6.45) is 2.22. The second-order valence-electron chi connectivity index (χ2n) is 5.64. The van der Waals surface area contributed by atoms with Crippen LogP contribution in [0.1, 0.15) is 19.8 Å². The molecule has 1 heterocycles. The molecule has 1 fully saturated rings. The standard InChI is InChI=1S/C17H28N2O2.ClH/c1-3-4-14-20-16-7-5-6-8-17(16)21-15-13-19-11-9-18(2)10-12-19;/h5-8H,3-4,9-15H2,1-2H3;1H. The fraction of sp³-hybridized carbons (Fsp3) is 0.647. The highest BCUT2D eigenvalue weighted by atomic mass is 35.5. The summed E-state index contributed by atoms with van der Waals surface area (Å²) in [4.78, 5) is 4.83. The highest BCUT2D eigenvalue weighted by molar-refractivity contribution is 5.85. The van der Waals surface area contributed by atoms with Crippen molar-refractivity contribution >= 4 is 12.4 Å². The number of unbranched alkanes of at least 4 members (excludes halogenated alkanes) is 1. The average molecular weight is 329 g/mol. The van der Waals surface area contributed by atoms with Crippen LogP contribution in [0.2, 0.25) is 0 Å². The first kappa shape index (κ1) is 19.1. The van der Waals surface area contributed by atoms with E-state index < -0.39 is 0 Å². The lowest BCUT2D eigenvalue weighted by Crippen LogP contribution is -2.45. The number of rotatable bonds is 8. The molecular formula is C17H29ClN2O2. The van der Waals surface area contributed by atoms with Crippen LogP contribution in [0.25, 0.3) is 0 Å². The second-order valence-corrected chi connectivity index (χ2v) is 5.64. The first-order valence-corrected chi connectivity index (χ1v) is 8.05. The zero-order chi connectivity index (χ0) is 14.9. The van der Waals surface area contributed by atoms with Crippen molar-refractivity contribution in [2.75, 3.05) is 53.0 Å². The minimum atomic E-state index is 0. The lowest BCUT2D eigenvalue weighted by molar-refractivity contribution is 0.132.